The van der Waals surface area contributed by atoms with Crippen molar-refractivity contribution in [3.05, 3.63) is 69.8 Å². The van der Waals surface area contributed by atoms with Gasteiger partial charge < -0.3 is 19.3 Å². The second-order valence-electron chi connectivity index (χ2n) is 7.61. The first-order valence-electron chi connectivity index (χ1n) is 9.83. The molecule has 0 saturated heterocycles. The van der Waals surface area contributed by atoms with Crippen LogP contribution in [0.5, 0.6) is 0 Å². The van der Waals surface area contributed by atoms with Crippen LogP contribution < -0.4 is 10.9 Å². The topological polar surface area (TPSA) is 92.7 Å². The van der Waals surface area contributed by atoms with Crippen molar-refractivity contribution in [1.82, 2.24) is 5.32 Å². The fourth-order valence-electron chi connectivity index (χ4n) is 3.85. The fraction of sp³-hybridized carbons (Fsp3) is 0.250. The molecule has 0 bridgehead atoms. The van der Waals surface area contributed by atoms with Crippen LogP contribution in [0.1, 0.15) is 23.6 Å². The third-order valence-electron chi connectivity index (χ3n) is 5.39. The molecule has 4 aromatic rings. The fourth-order valence-corrected chi connectivity index (χ4v) is 3.85. The first-order chi connectivity index (χ1) is 14.4. The minimum atomic E-state index is -0.541. The number of amides is 1. The molecule has 4 rings (SSSR count). The molecule has 2 N–H and O–H groups in total. The summed E-state index contributed by atoms with van der Waals surface area (Å²) in [5.74, 6) is -0.348. The summed E-state index contributed by atoms with van der Waals surface area (Å²) in [6.45, 7) is 5.27. The lowest BCUT2D eigenvalue weighted by Gasteiger charge is -2.12. The van der Waals surface area contributed by atoms with E-state index in [0.717, 1.165) is 22.1 Å². The smallest absolute Gasteiger partial charge is 0.340 e. The van der Waals surface area contributed by atoms with Crippen molar-refractivity contribution in [1.29, 1.82) is 0 Å². The van der Waals surface area contributed by atoms with Crippen molar-refractivity contribution in [2.75, 3.05) is 6.61 Å². The van der Waals surface area contributed by atoms with Crippen LogP contribution in [0.2, 0.25) is 0 Å². The zero-order chi connectivity index (χ0) is 21.4. The van der Waals surface area contributed by atoms with Gasteiger partial charge in [0.1, 0.15) is 11.2 Å². The van der Waals surface area contributed by atoms with Crippen LogP contribution in [-0.2, 0) is 11.2 Å². The summed E-state index contributed by atoms with van der Waals surface area (Å²) in [6, 6.07) is 11.4. The van der Waals surface area contributed by atoms with Crippen LogP contribution >= 0.6 is 0 Å². The molecule has 1 atom stereocenters. The van der Waals surface area contributed by atoms with Gasteiger partial charge in [0, 0.05) is 17.0 Å². The van der Waals surface area contributed by atoms with Crippen molar-refractivity contribution in [3.8, 4) is 11.1 Å². The van der Waals surface area contributed by atoms with Crippen LogP contribution in [0.15, 0.2) is 56.3 Å². The van der Waals surface area contributed by atoms with Crippen LogP contribution in [0.3, 0.4) is 0 Å². The summed E-state index contributed by atoms with van der Waals surface area (Å²) < 4.78 is 11.5. The maximum atomic E-state index is 12.6. The standard InChI is InChI=1S/C24H23NO5/c1-13-9-19-22(23-21(13)18(12-29-23)16-7-5-4-6-8-16)15(3)17(24(28)30-19)10-20(27)25-14(2)11-26/h4-9,12,14,26H,10-11H2,1-3H3,(H,25,27). The molecule has 2 aromatic heterocycles. The number of benzene rings is 2. The summed E-state index contributed by atoms with van der Waals surface area (Å²) in [4.78, 5) is 24.9. The van der Waals surface area contributed by atoms with E-state index in [9.17, 15) is 9.59 Å². The number of carbonyl (C=O) groups excluding carboxylic acids is 1. The normalized spacial score (nSPS) is 12.4. The van der Waals surface area contributed by atoms with Gasteiger partial charge in [-0.1, -0.05) is 30.3 Å². The van der Waals surface area contributed by atoms with E-state index < -0.39 is 11.7 Å². The van der Waals surface area contributed by atoms with Crippen molar-refractivity contribution in [2.24, 2.45) is 0 Å². The Morgan fingerprint density at radius 3 is 2.60 bits per heavy atom. The molecule has 6 heteroatoms. The second-order valence-corrected chi connectivity index (χ2v) is 7.61. The molecule has 0 aliphatic heterocycles. The highest BCUT2D eigenvalue weighted by Crippen LogP contribution is 2.38. The lowest BCUT2D eigenvalue weighted by molar-refractivity contribution is -0.121. The molecule has 0 saturated carbocycles. The first-order valence-corrected chi connectivity index (χ1v) is 9.83. The average Bonchev–Trinajstić information content (AvgIpc) is 3.17. The molecule has 2 heterocycles. The molecule has 154 valence electrons. The Balaban J connectivity index is 1.90. The van der Waals surface area contributed by atoms with Gasteiger partial charge >= 0.3 is 5.63 Å². The van der Waals surface area contributed by atoms with Gasteiger partial charge in [0.05, 0.1) is 30.2 Å². The number of aryl methyl sites for hydroxylation is 2. The van der Waals surface area contributed by atoms with Gasteiger partial charge in [-0.25, -0.2) is 4.79 Å². The molecule has 0 aliphatic rings. The van der Waals surface area contributed by atoms with Crippen molar-refractivity contribution in [3.63, 3.8) is 0 Å². The highest BCUT2D eigenvalue weighted by Gasteiger charge is 2.21. The molecule has 30 heavy (non-hydrogen) atoms. The number of aliphatic hydroxyl groups is 1. The van der Waals surface area contributed by atoms with Crippen LogP contribution in [0.4, 0.5) is 0 Å². The molecule has 0 spiro atoms. The van der Waals surface area contributed by atoms with Crippen molar-refractivity contribution < 1.29 is 18.7 Å². The highest BCUT2D eigenvalue weighted by atomic mass is 16.4. The number of hydrogen-bond donors (Lipinski definition) is 2. The lowest BCUT2D eigenvalue weighted by atomic mass is 9.96. The van der Waals surface area contributed by atoms with Crippen molar-refractivity contribution in [2.45, 2.75) is 33.2 Å². The Morgan fingerprint density at radius 1 is 1.17 bits per heavy atom. The largest absolute Gasteiger partial charge is 0.463 e. The van der Waals surface area contributed by atoms with Gasteiger partial charge in [0.15, 0.2) is 0 Å². The van der Waals surface area contributed by atoms with E-state index in [-0.39, 0.29) is 24.5 Å². The minimum Gasteiger partial charge on any atom is -0.463 e. The van der Waals surface area contributed by atoms with Crippen LogP contribution in [-0.4, -0.2) is 23.7 Å². The van der Waals surface area contributed by atoms with E-state index in [0.29, 0.717) is 22.1 Å². The maximum Gasteiger partial charge on any atom is 0.340 e. The van der Waals surface area contributed by atoms with Gasteiger partial charge in [0.2, 0.25) is 5.91 Å². The van der Waals surface area contributed by atoms with E-state index >= 15 is 0 Å². The number of carbonyl (C=O) groups is 1. The first kappa shape index (κ1) is 19.9. The van der Waals surface area contributed by atoms with Gasteiger partial charge in [-0.15, -0.1) is 0 Å². The van der Waals surface area contributed by atoms with Gasteiger partial charge in [-0.05, 0) is 43.5 Å². The second kappa shape index (κ2) is 7.80. The van der Waals surface area contributed by atoms with Gasteiger partial charge in [-0.3, -0.25) is 4.79 Å². The summed E-state index contributed by atoms with van der Waals surface area (Å²) >= 11 is 0. The van der Waals surface area contributed by atoms with Crippen molar-refractivity contribution >= 4 is 27.8 Å². The predicted octanol–water partition coefficient (Wildman–Crippen LogP) is 3.86. The van der Waals surface area contributed by atoms with Crippen LogP contribution in [0.25, 0.3) is 33.1 Å². The summed E-state index contributed by atoms with van der Waals surface area (Å²) in [5, 5.41) is 13.4. The zero-order valence-electron chi connectivity index (χ0n) is 17.1. The Morgan fingerprint density at radius 2 is 1.90 bits per heavy atom. The molecule has 0 radical (unpaired) electrons. The maximum absolute atomic E-state index is 12.6. The van der Waals surface area contributed by atoms with Gasteiger partial charge in [-0.2, -0.15) is 0 Å². The summed E-state index contributed by atoms with van der Waals surface area (Å²) in [7, 11) is 0. The molecular formula is C24H23NO5. The molecule has 0 fully saturated rings. The number of fused-ring (bicyclic) bond motifs is 3. The molecule has 2 aromatic carbocycles. The van der Waals surface area contributed by atoms with E-state index in [1.165, 1.54) is 0 Å². The number of nitrogens with one attached hydrogen (secondary N) is 1. The zero-order valence-corrected chi connectivity index (χ0v) is 17.1. The van der Waals surface area contributed by atoms with Gasteiger partial charge in [0.25, 0.3) is 0 Å². The molecular weight excluding hydrogens is 382 g/mol. The quantitative estimate of drug-likeness (QED) is 0.492. The molecule has 1 unspecified atom stereocenters. The molecule has 1 amide bonds. The third-order valence-corrected chi connectivity index (χ3v) is 5.39. The van der Waals surface area contributed by atoms with E-state index in [4.69, 9.17) is 13.9 Å². The summed E-state index contributed by atoms with van der Waals surface area (Å²) in [5.41, 5.74) is 4.41. The summed E-state index contributed by atoms with van der Waals surface area (Å²) in [6.07, 6.45) is 1.59. The van der Waals surface area contributed by atoms with E-state index in [2.05, 4.69) is 5.32 Å². The Kier molecular flexibility index (Phi) is 5.18. The minimum absolute atomic E-state index is 0.129. The third kappa shape index (κ3) is 3.39. The van der Waals surface area contributed by atoms with E-state index in [1.807, 2.05) is 43.3 Å². The Labute approximate surface area is 173 Å². The Bertz CT molecular complexity index is 1300. The number of furan rings is 1. The number of aliphatic hydroxyl groups excluding tert-OH is 1. The van der Waals surface area contributed by atoms with Crippen LogP contribution in [0, 0.1) is 13.8 Å². The lowest BCUT2D eigenvalue weighted by Crippen LogP contribution is -2.37. The number of rotatable bonds is 5. The molecule has 6 nitrogen and oxygen atoms in total. The highest BCUT2D eigenvalue weighted by molar-refractivity contribution is 6.11. The molecule has 0 aliphatic carbocycles. The Hall–Kier alpha value is -3.38. The number of hydrogen-bond acceptors (Lipinski definition) is 5. The average molecular weight is 405 g/mol. The SMILES string of the molecule is Cc1cc2oc(=O)c(CC(=O)NC(C)CO)c(C)c2c2occ(-c3ccccc3)c12. The monoisotopic (exact) mass is 405 g/mol. The predicted molar refractivity (Wildman–Crippen MR) is 116 cm³/mol. The van der Waals surface area contributed by atoms with E-state index in [1.54, 1.807) is 20.1 Å².